The maximum absolute atomic E-state index is 12.7. The largest absolute Gasteiger partial charge is 0.618 e. The number of nitrogens with zero attached hydrogens (tertiary/aromatic N) is 1. The van der Waals surface area contributed by atoms with E-state index in [0.29, 0.717) is 15.6 Å². The molecule has 29 heavy (non-hydrogen) atoms. The number of thiophene rings is 1. The van der Waals surface area contributed by atoms with Crippen LogP contribution in [0.25, 0.3) is 10.4 Å². The number of esters is 1. The summed E-state index contributed by atoms with van der Waals surface area (Å²) in [6, 6.07) is 16.4. The molecule has 0 aliphatic rings. The summed E-state index contributed by atoms with van der Waals surface area (Å²) >= 11 is 2.47. The van der Waals surface area contributed by atoms with Crippen LogP contribution in [-0.2, 0) is 9.53 Å². The normalized spacial score (nSPS) is 11.7. The number of aromatic nitrogens is 1. The van der Waals surface area contributed by atoms with Gasteiger partial charge in [-0.15, -0.1) is 11.3 Å². The molecule has 8 heteroatoms. The molecule has 6 nitrogen and oxygen atoms in total. The molecule has 0 fully saturated rings. The second-order valence-electron chi connectivity index (χ2n) is 6.05. The van der Waals surface area contributed by atoms with Crippen LogP contribution in [-0.4, -0.2) is 23.7 Å². The van der Waals surface area contributed by atoms with Crippen molar-refractivity contribution in [3.05, 3.63) is 71.6 Å². The first-order chi connectivity index (χ1) is 14.0. The summed E-state index contributed by atoms with van der Waals surface area (Å²) in [6.07, 6.45) is 1.39. The van der Waals surface area contributed by atoms with Crippen LogP contribution in [0.4, 0.5) is 5.00 Å². The van der Waals surface area contributed by atoms with Crippen LogP contribution >= 0.6 is 23.1 Å². The van der Waals surface area contributed by atoms with Crippen molar-refractivity contribution >= 4 is 40.0 Å². The van der Waals surface area contributed by atoms with Crippen LogP contribution in [0.5, 0.6) is 0 Å². The van der Waals surface area contributed by atoms with Crippen LogP contribution < -0.4 is 10.0 Å². The number of hydrogen-bond acceptors (Lipinski definition) is 6. The van der Waals surface area contributed by atoms with Gasteiger partial charge in [0, 0.05) is 17.0 Å². The third kappa shape index (κ3) is 5.16. The molecule has 0 saturated heterocycles. The number of nitrogens with one attached hydrogen (secondary N) is 1. The summed E-state index contributed by atoms with van der Waals surface area (Å²) in [7, 11) is 0. The Labute approximate surface area is 177 Å². The van der Waals surface area contributed by atoms with E-state index in [0.717, 1.165) is 26.9 Å². The van der Waals surface area contributed by atoms with Crippen LogP contribution in [0.15, 0.2) is 65.8 Å². The molecule has 3 rings (SSSR count). The third-order valence-electron chi connectivity index (χ3n) is 3.98. The molecule has 0 bridgehead atoms. The van der Waals surface area contributed by atoms with E-state index in [4.69, 9.17) is 4.74 Å². The maximum Gasteiger partial charge on any atom is 0.341 e. The van der Waals surface area contributed by atoms with E-state index in [1.165, 1.54) is 17.5 Å². The molecular formula is C21H20N2O4S2. The molecule has 2 heterocycles. The molecule has 0 aliphatic carbocycles. The molecule has 0 unspecified atom stereocenters. The van der Waals surface area contributed by atoms with Gasteiger partial charge in [-0.25, -0.2) is 4.79 Å². The number of carbonyl (C=O) groups is 2. The van der Waals surface area contributed by atoms with Crippen molar-refractivity contribution in [3.8, 4) is 10.4 Å². The smallest absolute Gasteiger partial charge is 0.341 e. The number of thioether (sulfide) groups is 1. The second kappa shape index (κ2) is 9.58. The molecule has 1 amide bonds. The molecule has 2 aromatic heterocycles. The Morgan fingerprint density at radius 2 is 1.93 bits per heavy atom. The summed E-state index contributed by atoms with van der Waals surface area (Å²) in [4.78, 5) is 25.9. The molecule has 3 aromatic rings. The van der Waals surface area contributed by atoms with Gasteiger partial charge in [0.1, 0.15) is 5.00 Å². The fourth-order valence-corrected chi connectivity index (χ4v) is 4.45. The molecule has 0 saturated carbocycles. The average molecular weight is 429 g/mol. The molecule has 0 radical (unpaired) electrons. The average Bonchev–Trinajstić information content (AvgIpc) is 3.14. The number of benzene rings is 1. The van der Waals surface area contributed by atoms with Gasteiger partial charge in [-0.2, -0.15) is 4.73 Å². The zero-order chi connectivity index (χ0) is 20.8. The molecule has 1 N–H and O–H groups in total. The third-order valence-corrected chi connectivity index (χ3v) is 6.20. The van der Waals surface area contributed by atoms with Crippen molar-refractivity contribution in [1.82, 2.24) is 0 Å². The zero-order valence-corrected chi connectivity index (χ0v) is 17.6. The fraction of sp³-hybridized carbons (Fsp3) is 0.190. The van der Waals surface area contributed by atoms with Gasteiger partial charge in [0.15, 0.2) is 6.20 Å². The Hall–Kier alpha value is -2.84. The van der Waals surface area contributed by atoms with E-state index in [2.05, 4.69) is 5.32 Å². The van der Waals surface area contributed by atoms with Crippen molar-refractivity contribution in [2.24, 2.45) is 0 Å². The number of amides is 1. The van der Waals surface area contributed by atoms with Crippen molar-refractivity contribution in [2.45, 2.75) is 24.1 Å². The lowest BCUT2D eigenvalue weighted by molar-refractivity contribution is -0.645. The van der Waals surface area contributed by atoms with Crippen molar-refractivity contribution in [3.63, 3.8) is 0 Å². The lowest BCUT2D eigenvalue weighted by atomic mass is 10.1. The van der Waals surface area contributed by atoms with E-state index < -0.39 is 11.2 Å². The highest BCUT2D eigenvalue weighted by Crippen LogP contribution is 2.36. The lowest BCUT2D eigenvalue weighted by Gasteiger charge is -2.11. The Kier molecular flexibility index (Phi) is 6.90. The Balaban J connectivity index is 1.82. The maximum atomic E-state index is 12.7. The van der Waals surface area contributed by atoms with Crippen LogP contribution in [0.1, 0.15) is 24.2 Å². The van der Waals surface area contributed by atoms with Gasteiger partial charge in [-0.3, -0.25) is 4.79 Å². The topological polar surface area (TPSA) is 82.3 Å². The van der Waals surface area contributed by atoms with E-state index in [1.54, 1.807) is 38.1 Å². The minimum atomic E-state index is -0.532. The van der Waals surface area contributed by atoms with Gasteiger partial charge in [0.05, 0.1) is 17.4 Å². The van der Waals surface area contributed by atoms with Crippen molar-refractivity contribution < 1.29 is 19.1 Å². The molecule has 0 aliphatic heterocycles. The van der Waals surface area contributed by atoms with E-state index in [-0.39, 0.29) is 12.5 Å². The highest BCUT2D eigenvalue weighted by atomic mass is 32.2. The predicted molar refractivity (Wildman–Crippen MR) is 115 cm³/mol. The minimum Gasteiger partial charge on any atom is -0.618 e. The van der Waals surface area contributed by atoms with E-state index in [1.807, 2.05) is 30.3 Å². The predicted octanol–water partition coefficient (Wildman–Crippen LogP) is 4.34. The molecule has 150 valence electrons. The Bertz CT molecular complexity index is 1000. The van der Waals surface area contributed by atoms with Crippen molar-refractivity contribution in [2.75, 3.05) is 11.9 Å². The summed E-state index contributed by atoms with van der Waals surface area (Å²) in [5, 5.41) is 15.0. The summed E-state index contributed by atoms with van der Waals surface area (Å²) in [5.41, 5.74) is 1.27. The first-order valence-electron chi connectivity index (χ1n) is 9.01. The first kappa shape index (κ1) is 20.9. The Morgan fingerprint density at radius 1 is 1.21 bits per heavy atom. The number of pyridine rings is 1. The first-order valence-corrected chi connectivity index (χ1v) is 10.7. The number of anilines is 1. The number of carbonyl (C=O) groups excluding carboxylic acids is 2. The van der Waals surface area contributed by atoms with Gasteiger partial charge in [-0.1, -0.05) is 30.3 Å². The molecule has 1 aromatic carbocycles. The van der Waals surface area contributed by atoms with E-state index in [9.17, 15) is 14.8 Å². The standard InChI is InChI=1S/C21H20N2O4S2/c1-3-27-21(25)16-13-17(15-9-5-4-6-10-15)29-20(16)22-19(24)14(2)28-18-11-7-8-12-23(18)26/h4-14H,3H2,1-2H3,(H,22,24)/t14-/m1/s1. The number of ether oxygens (including phenoxy) is 1. The van der Waals surface area contributed by atoms with Crippen molar-refractivity contribution in [1.29, 1.82) is 0 Å². The number of hydrogen-bond donors (Lipinski definition) is 1. The highest BCUT2D eigenvalue weighted by molar-refractivity contribution is 8.00. The van der Waals surface area contributed by atoms with Gasteiger partial charge in [0.2, 0.25) is 5.91 Å². The lowest BCUT2D eigenvalue weighted by Crippen LogP contribution is -2.30. The van der Waals surface area contributed by atoms with Gasteiger partial charge < -0.3 is 15.3 Å². The monoisotopic (exact) mass is 428 g/mol. The fourth-order valence-electron chi connectivity index (χ4n) is 2.54. The zero-order valence-electron chi connectivity index (χ0n) is 16.0. The molecule has 1 atom stereocenters. The van der Waals surface area contributed by atoms with Gasteiger partial charge in [0.25, 0.3) is 5.03 Å². The summed E-state index contributed by atoms with van der Waals surface area (Å²) < 4.78 is 5.86. The minimum absolute atomic E-state index is 0.243. The summed E-state index contributed by atoms with van der Waals surface area (Å²) in [6.45, 7) is 3.69. The second-order valence-corrected chi connectivity index (χ2v) is 8.47. The Morgan fingerprint density at radius 3 is 2.62 bits per heavy atom. The molecule has 0 spiro atoms. The number of rotatable bonds is 7. The van der Waals surface area contributed by atoms with E-state index >= 15 is 0 Å². The van der Waals surface area contributed by atoms with Crippen LogP contribution in [0.3, 0.4) is 0 Å². The summed E-state index contributed by atoms with van der Waals surface area (Å²) in [5.74, 6) is -0.784. The highest BCUT2D eigenvalue weighted by Gasteiger charge is 2.24. The SMILES string of the molecule is CCOC(=O)c1cc(-c2ccccc2)sc1NC(=O)[C@@H](C)Sc1cccc[n+]1[O-]. The quantitative estimate of drug-likeness (QED) is 0.262. The van der Waals surface area contributed by atoms with Gasteiger partial charge >= 0.3 is 5.97 Å². The van der Waals surface area contributed by atoms with Gasteiger partial charge in [-0.05, 0) is 43.3 Å². The van der Waals surface area contributed by atoms with Crippen LogP contribution in [0.2, 0.25) is 0 Å². The molecular weight excluding hydrogens is 408 g/mol. The van der Waals surface area contributed by atoms with Crippen LogP contribution in [0, 0.1) is 5.21 Å².